The molecule has 2 unspecified atom stereocenters. The molecule has 0 saturated carbocycles. The molecule has 1 saturated heterocycles. The Labute approximate surface area is 141 Å². The normalized spacial score (nSPS) is 24.6. The number of nitrogens with zero attached hydrogens (tertiary/aromatic N) is 3. The number of rotatable bonds is 4. The number of aliphatic hydroxyl groups is 1. The van der Waals surface area contributed by atoms with Gasteiger partial charge in [-0.1, -0.05) is 6.92 Å². The average Bonchev–Trinajstić information content (AvgIpc) is 2.97. The van der Waals surface area contributed by atoms with Gasteiger partial charge in [-0.05, 0) is 30.9 Å². The Balaban J connectivity index is 1.82. The summed E-state index contributed by atoms with van der Waals surface area (Å²) >= 11 is 0. The molecule has 24 heavy (non-hydrogen) atoms. The minimum Gasteiger partial charge on any atom is -0.393 e. The number of nitro benzene ring substituents is 1. The number of nitro groups is 1. The molecule has 0 bridgehead atoms. The number of piperidine rings is 1. The largest absolute Gasteiger partial charge is 0.393 e. The SMILES string of the molecule is CC1=CN(c2cc(CN3CCC(O)C(C)C3)cc([N+](=O)[O-])c2)CN1. The molecule has 0 aromatic heterocycles. The van der Waals surface area contributed by atoms with Crippen LogP contribution in [0.4, 0.5) is 11.4 Å². The number of likely N-dealkylation sites (tertiary alicyclic amines) is 1. The van der Waals surface area contributed by atoms with Crippen LogP contribution in [0.2, 0.25) is 0 Å². The Hall–Kier alpha value is -2.12. The van der Waals surface area contributed by atoms with Gasteiger partial charge in [-0.15, -0.1) is 0 Å². The van der Waals surface area contributed by atoms with Crippen molar-refractivity contribution in [3.05, 3.63) is 45.8 Å². The zero-order chi connectivity index (χ0) is 17.3. The van der Waals surface area contributed by atoms with E-state index in [9.17, 15) is 15.2 Å². The van der Waals surface area contributed by atoms with Crippen LogP contribution in [0, 0.1) is 16.0 Å². The fourth-order valence-corrected chi connectivity index (χ4v) is 3.34. The first kappa shape index (κ1) is 16.7. The summed E-state index contributed by atoms with van der Waals surface area (Å²) in [5, 5.41) is 24.3. The van der Waals surface area contributed by atoms with E-state index in [1.165, 1.54) is 0 Å². The molecule has 1 aromatic rings. The molecule has 2 atom stereocenters. The smallest absolute Gasteiger partial charge is 0.271 e. The molecule has 130 valence electrons. The number of benzene rings is 1. The molecule has 0 aliphatic carbocycles. The number of aliphatic hydroxyl groups excluding tert-OH is 1. The van der Waals surface area contributed by atoms with Gasteiger partial charge in [0, 0.05) is 49.4 Å². The average molecular weight is 332 g/mol. The summed E-state index contributed by atoms with van der Waals surface area (Å²) in [6.45, 7) is 6.92. The molecular formula is C17H24N4O3. The Morgan fingerprint density at radius 1 is 1.42 bits per heavy atom. The number of hydrogen-bond donors (Lipinski definition) is 2. The molecule has 0 radical (unpaired) electrons. The quantitative estimate of drug-likeness (QED) is 0.648. The predicted octanol–water partition coefficient (Wildman–Crippen LogP) is 2.03. The zero-order valence-corrected chi connectivity index (χ0v) is 14.1. The first-order chi connectivity index (χ1) is 11.4. The molecule has 2 aliphatic rings. The standard InChI is InChI=1S/C17H24N4O3/c1-12-8-19(4-3-17(12)22)10-14-5-15(7-16(6-14)21(23)24)20-9-13(2)18-11-20/h5-7,9,12,17-18,22H,3-4,8,10-11H2,1-2H3. The van der Waals surface area contributed by atoms with Crippen molar-refractivity contribution < 1.29 is 10.0 Å². The summed E-state index contributed by atoms with van der Waals surface area (Å²) in [7, 11) is 0. The second-order valence-electron chi connectivity index (χ2n) is 6.80. The highest BCUT2D eigenvalue weighted by Gasteiger charge is 2.25. The molecule has 3 rings (SSSR count). The van der Waals surface area contributed by atoms with Gasteiger partial charge in [0.15, 0.2) is 0 Å². The summed E-state index contributed by atoms with van der Waals surface area (Å²) in [6.07, 6.45) is 2.47. The molecule has 0 spiro atoms. The summed E-state index contributed by atoms with van der Waals surface area (Å²) in [4.78, 5) is 15.2. The zero-order valence-electron chi connectivity index (χ0n) is 14.1. The molecule has 7 heteroatoms. The van der Waals surface area contributed by atoms with Crippen LogP contribution in [0.3, 0.4) is 0 Å². The molecule has 0 amide bonds. The molecule has 2 N–H and O–H groups in total. The maximum absolute atomic E-state index is 11.3. The van der Waals surface area contributed by atoms with Crippen molar-refractivity contribution in [2.45, 2.75) is 32.9 Å². The van der Waals surface area contributed by atoms with Gasteiger partial charge in [0.25, 0.3) is 5.69 Å². The van der Waals surface area contributed by atoms with E-state index in [4.69, 9.17) is 0 Å². The minimum absolute atomic E-state index is 0.116. The number of hydrogen-bond acceptors (Lipinski definition) is 6. The summed E-state index contributed by atoms with van der Waals surface area (Å²) in [5.41, 5.74) is 2.92. The first-order valence-electron chi connectivity index (χ1n) is 8.30. The highest BCUT2D eigenvalue weighted by Crippen LogP contribution is 2.27. The highest BCUT2D eigenvalue weighted by atomic mass is 16.6. The number of non-ortho nitro benzene ring substituents is 1. The number of nitrogens with one attached hydrogen (secondary N) is 1. The number of allylic oxidation sites excluding steroid dienone is 1. The van der Waals surface area contributed by atoms with E-state index in [1.54, 1.807) is 12.1 Å². The van der Waals surface area contributed by atoms with Crippen molar-refractivity contribution in [3.8, 4) is 0 Å². The van der Waals surface area contributed by atoms with Gasteiger partial charge in [0.2, 0.25) is 0 Å². The fraction of sp³-hybridized carbons (Fsp3) is 0.529. The molecule has 7 nitrogen and oxygen atoms in total. The van der Waals surface area contributed by atoms with Crippen LogP contribution < -0.4 is 10.2 Å². The van der Waals surface area contributed by atoms with E-state index < -0.39 is 0 Å². The van der Waals surface area contributed by atoms with Crippen LogP contribution in [0.15, 0.2) is 30.1 Å². The van der Waals surface area contributed by atoms with Crippen LogP contribution in [0.1, 0.15) is 25.8 Å². The lowest BCUT2D eigenvalue weighted by Crippen LogP contribution is -2.41. The van der Waals surface area contributed by atoms with Crippen molar-refractivity contribution >= 4 is 11.4 Å². The van der Waals surface area contributed by atoms with E-state index in [0.717, 1.165) is 36.5 Å². The fourth-order valence-electron chi connectivity index (χ4n) is 3.34. The molecule has 2 heterocycles. The van der Waals surface area contributed by atoms with Gasteiger partial charge in [-0.25, -0.2) is 0 Å². The Bertz CT molecular complexity index is 661. The van der Waals surface area contributed by atoms with Crippen LogP contribution >= 0.6 is 0 Å². The van der Waals surface area contributed by atoms with Crippen molar-refractivity contribution in [2.24, 2.45) is 5.92 Å². The summed E-state index contributed by atoms with van der Waals surface area (Å²) in [5.74, 6) is 0.227. The predicted molar refractivity (Wildman–Crippen MR) is 92.4 cm³/mol. The Kier molecular flexibility index (Phi) is 4.73. The Morgan fingerprint density at radius 3 is 2.83 bits per heavy atom. The maximum atomic E-state index is 11.3. The second-order valence-corrected chi connectivity index (χ2v) is 6.80. The molecule has 2 aliphatic heterocycles. The molecule has 1 fully saturated rings. The van der Waals surface area contributed by atoms with E-state index in [-0.39, 0.29) is 22.6 Å². The van der Waals surface area contributed by atoms with Crippen LogP contribution in [-0.4, -0.2) is 40.8 Å². The summed E-state index contributed by atoms with van der Waals surface area (Å²) in [6, 6.07) is 5.28. The second kappa shape index (κ2) is 6.78. The third kappa shape index (κ3) is 3.68. The van der Waals surface area contributed by atoms with Gasteiger partial charge >= 0.3 is 0 Å². The van der Waals surface area contributed by atoms with Gasteiger partial charge in [0.1, 0.15) is 0 Å². The number of anilines is 1. The Morgan fingerprint density at radius 2 is 2.21 bits per heavy atom. The molecular weight excluding hydrogens is 308 g/mol. The minimum atomic E-state index is -0.338. The lowest BCUT2D eigenvalue weighted by atomic mass is 9.96. The van der Waals surface area contributed by atoms with Crippen molar-refractivity contribution in [2.75, 3.05) is 24.7 Å². The lowest BCUT2D eigenvalue weighted by molar-refractivity contribution is -0.384. The van der Waals surface area contributed by atoms with Gasteiger partial charge in [0.05, 0.1) is 17.7 Å². The van der Waals surface area contributed by atoms with E-state index >= 15 is 0 Å². The topological polar surface area (TPSA) is 81.9 Å². The van der Waals surface area contributed by atoms with Crippen LogP contribution in [0.5, 0.6) is 0 Å². The maximum Gasteiger partial charge on any atom is 0.271 e. The summed E-state index contributed by atoms with van der Waals surface area (Å²) < 4.78 is 0. The van der Waals surface area contributed by atoms with E-state index in [2.05, 4.69) is 10.2 Å². The first-order valence-corrected chi connectivity index (χ1v) is 8.30. The van der Waals surface area contributed by atoms with E-state index in [1.807, 2.05) is 31.0 Å². The van der Waals surface area contributed by atoms with E-state index in [0.29, 0.717) is 13.2 Å². The van der Waals surface area contributed by atoms with Gasteiger partial charge in [-0.3, -0.25) is 15.0 Å². The van der Waals surface area contributed by atoms with Crippen molar-refractivity contribution in [1.29, 1.82) is 0 Å². The molecule has 1 aromatic carbocycles. The third-order valence-electron chi connectivity index (χ3n) is 4.73. The van der Waals surface area contributed by atoms with Crippen LogP contribution in [-0.2, 0) is 6.54 Å². The third-order valence-corrected chi connectivity index (χ3v) is 4.73. The van der Waals surface area contributed by atoms with Crippen LogP contribution in [0.25, 0.3) is 0 Å². The lowest BCUT2D eigenvalue weighted by Gasteiger charge is -2.34. The highest BCUT2D eigenvalue weighted by molar-refractivity contribution is 5.58. The monoisotopic (exact) mass is 332 g/mol. The van der Waals surface area contributed by atoms with Gasteiger partial charge < -0.3 is 15.3 Å². The van der Waals surface area contributed by atoms with Crippen molar-refractivity contribution in [3.63, 3.8) is 0 Å². The van der Waals surface area contributed by atoms with Crippen molar-refractivity contribution in [1.82, 2.24) is 10.2 Å². The van der Waals surface area contributed by atoms with Gasteiger partial charge in [-0.2, -0.15) is 0 Å².